The first kappa shape index (κ1) is 31.9. The van der Waals surface area contributed by atoms with Gasteiger partial charge in [-0.15, -0.1) is 0 Å². The van der Waals surface area contributed by atoms with E-state index in [4.69, 9.17) is 5.73 Å². The van der Waals surface area contributed by atoms with Gasteiger partial charge in [-0.2, -0.15) is 18.3 Å². The minimum atomic E-state index is -4.81. The Labute approximate surface area is 253 Å². The Morgan fingerprint density at radius 1 is 1.09 bits per heavy atom. The highest BCUT2D eigenvalue weighted by Crippen LogP contribution is 2.42. The summed E-state index contributed by atoms with van der Waals surface area (Å²) in [5.41, 5.74) is 2.99. The average Bonchev–Trinajstić information content (AvgIpc) is 3.32. The summed E-state index contributed by atoms with van der Waals surface area (Å²) in [6.45, 7) is 0.755. The predicted octanol–water partition coefficient (Wildman–Crippen LogP) is 6.01. The van der Waals surface area contributed by atoms with Crippen molar-refractivity contribution in [3.8, 4) is 11.1 Å². The zero-order chi connectivity index (χ0) is 32.7. The monoisotopic (exact) mass is 630 g/mol. The van der Waals surface area contributed by atoms with Crippen LogP contribution in [-0.2, 0) is 36.0 Å². The van der Waals surface area contributed by atoms with Gasteiger partial charge in [0.25, 0.3) is 5.91 Å². The molecule has 0 fully saturated rings. The lowest BCUT2D eigenvalue weighted by Crippen LogP contribution is -2.31. The van der Waals surface area contributed by atoms with Crippen molar-refractivity contribution < 1.29 is 41.0 Å². The van der Waals surface area contributed by atoms with E-state index in [0.717, 1.165) is 22.9 Å². The third kappa shape index (κ3) is 6.77. The van der Waals surface area contributed by atoms with E-state index >= 15 is 0 Å². The third-order valence-electron chi connectivity index (χ3n) is 7.89. The highest BCUT2D eigenvalue weighted by atomic mass is 19.4. The fourth-order valence-corrected chi connectivity index (χ4v) is 6.06. The van der Waals surface area contributed by atoms with Gasteiger partial charge >= 0.3 is 6.18 Å². The van der Waals surface area contributed by atoms with E-state index in [1.54, 1.807) is 12.1 Å². The van der Waals surface area contributed by atoms with Crippen molar-refractivity contribution in [1.82, 2.24) is 14.8 Å². The fraction of sp³-hybridized carbons (Fsp3) is 0.312. The molecular formula is C32H28F6N4O3. The number of carbonyl (C=O) groups is 2. The normalized spacial score (nSPS) is 17.2. The van der Waals surface area contributed by atoms with E-state index < -0.39 is 64.6 Å². The molecule has 2 aromatic heterocycles. The lowest BCUT2D eigenvalue weighted by atomic mass is 9.83. The van der Waals surface area contributed by atoms with Crippen LogP contribution in [0.1, 0.15) is 70.7 Å². The van der Waals surface area contributed by atoms with Gasteiger partial charge in [0.2, 0.25) is 0 Å². The molecule has 3 N–H and O–H groups in total. The van der Waals surface area contributed by atoms with Gasteiger partial charge in [0.1, 0.15) is 23.1 Å². The first-order valence-electron chi connectivity index (χ1n) is 14.0. The van der Waals surface area contributed by atoms with E-state index in [2.05, 4.69) is 10.1 Å². The number of halogens is 6. The van der Waals surface area contributed by atoms with Crippen LogP contribution in [0.25, 0.3) is 11.1 Å². The predicted molar refractivity (Wildman–Crippen MR) is 150 cm³/mol. The number of hydrogen-bond acceptors (Lipinski definition) is 5. The number of fused-ring (bicyclic) bond motifs is 1. The number of benzene rings is 2. The largest absolute Gasteiger partial charge is 0.435 e. The molecule has 2 heterocycles. The molecule has 236 valence electrons. The Kier molecular flexibility index (Phi) is 8.58. The molecule has 4 aromatic rings. The van der Waals surface area contributed by atoms with Crippen molar-refractivity contribution in [2.24, 2.45) is 5.73 Å². The van der Waals surface area contributed by atoms with E-state index in [1.807, 2.05) is 0 Å². The number of rotatable bonds is 9. The SMILES string of the molecule is CC1(O)CCCc2c(C(F)(F)F)nn(CC(=O)C[C@@H](Cc3cc(F)cc(F)c3)c3ncccc3-c3ccc(F)c(C(N)=O)c3)c21. The molecule has 1 aliphatic carbocycles. The summed E-state index contributed by atoms with van der Waals surface area (Å²) < 4.78 is 85.0. The van der Waals surface area contributed by atoms with Gasteiger partial charge in [-0.3, -0.25) is 19.3 Å². The van der Waals surface area contributed by atoms with E-state index in [0.29, 0.717) is 23.6 Å². The lowest BCUT2D eigenvalue weighted by molar-refractivity contribution is -0.142. The van der Waals surface area contributed by atoms with Crippen molar-refractivity contribution in [2.45, 2.75) is 63.3 Å². The Morgan fingerprint density at radius 3 is 2.47 bits per heavy atom. The van der Waals surface area contributed by atoms with Gasteiger partial charge in [-0.05, 0) is 74.1 Å². The minimum Gasteiger partial charge on any atom is -0.384 e. The standard InChI is InChI=1S/C32H28F6N4O3/c1-31(45)8-2-4-24-28(32(36,37)38)41-42(29(24)31)16-22(43)13-19(10-17-11-20(33)15-21(34)12-17)27-23(5-3-9-40-27)18-6-7-26(35)25(14-18)30(39)44/h3,5-7,9,11-12,14-15,19,45H,2,4,8,10,13,16H2,1H3,(H2,39,44)/t19-,31?/m1/s1. The summed E-state index contributed by atoms with van der Waals surface area (Å²) >= 11 is 0. The van der Waals surface area contributed by atoms with Gasteiger partial charge in [0.05, 0.1) is 23.5 Å². The van der Waals surface area contributed by atoms with Crippen molar-refractivity contribution >= 4 is 11.7 Å². The van der Waals surface area contributed by atoms with Crippen LogP contribution < -0.4 is 5.73 Å². The quantitative estimate of drug-likeness (QED) is 0.220. The Bertz CT molecular complexity index is 1760. The second kappa shape index (κ2) is 12.1. The van der Waals surface area contributed by atoms with Gasteiger partial charge in [0, 0.05) is 35.7 Å². The van der Waals surface area contributed by atoms with Crippen LogP contribution in [-0.4, -0.2) is 31.6 Å². The van der Waals surface area contributed by atoms with Gasteiger partial charge in [-0.25, -0.2) is 13.2 Å². The smallest absolute Gasteiger partial charge is 0.384 e. The number of Topliss-reactive ketones (excluding diaryl/α,β-unsaturated/α-hetero) is 1. The Morgan fingerprint density at radius 2 is 1.80 bits per heavy atom. The molecule has 0 saturated heterocycles. The van der Waals surface area contributed by atoms with Crippen molar-refractivity contribution in [2.75, 3.05) is 0 Å². The summed E-state index contributed by atoms with van der Waals surface area (Å²) in [5.74, 6) is -5.05. The number of aromatic nitrogens is 3. The zero-order valence-corrected chi connectivity index (χ0v) is 24.0. The summed E-state index contributed by atoms with van der Waals surface area (Å²) in [6.07, 6.45) is -3.35. The topological polar surface area (TPSA) is 111 Å². The maximum atomic E-state index is 14.3. The van der Waals surface area contributed by atoms with Crippen LogP contribution in [0, 0.1) is 17.5 Å². The van der Waals surface area contributed by atoms with Gasteiger partial charge in [0.15, 0.2) is 11.5 Å². The van der Waals surface area contributed by atoms with Crippen molar-refractivity contribution in [3.05, 3.63) is 106 Å². The first-order chi connectivity index (χ1) is 21.1. The number of nitrogens with zero attached hydrogens (tertiary/aromatic N) is 3. The molecule has 0 radical (unpaired) electrons. The molecule has 0 bridgehead atoms. The number of carbonyl (C=O) groups excluding carboxylic acids is 2. The van der Waals surface area contributed by atoms with Crippen LogP contribution in [0.3, 0.4) is 0 Å². The molecule has 45 heavy (non-hydrogen) atoms. The maximum Gasteiger partial charge on any atom is 0.435 e. The summed E-state index contributed by atoms with van der Waals surface area (Å²) in [7, 11) is 0. The van der Waals surface area contributed by atoms with Crippen molar-refractivity contribution in [3.63, 3.8) is 0 Å². The number of pyridine rings is 1. The molecule has 13 heteroatoms. The summed E-state index contributed by atoms with van der Waals surface area (Å²) in [4.78, 5) is 29.8. The van der Waals surface area contributed by atoms with Crippen LogP contribution >= 0.6 is 0 Å². The van der Waals surface area contributed by atoms with Crippen LogP contribution in [0.15, 0.2) is 54.7 Å². The molecule has 7 nitrogen and oxygen atoms in total. The number of hydrogen-bond donors (Lipinski definition) is 2. The van der Waals surface area contributed by atoms with Crippen LogP contribution in [0.2, 0.25) is 0 Å². The highest BCUT2D eigenvalue weighted by molar-refractivity contribution is 5.94. The maximum absolute atomic E-state index is 14.3. The lowest BCUT2D eigenvalue weighted by Gasteiger charge is -2.30. The number of alkyl halides is 3. The first-order valence-corrected chi connectivity index (χ1v) is 14.0. The number of nitrogens with two attached hydrogens (primary N) is 1. The second-order valence-electron chi connectivity index (χ2n) is 11.4. The molecule has 0 aliphatic heterocycles. The minimum absolute atomic E-state index is 0.0323. The van der Waals surface area contributed by atoms with Crippen LogP contribution in [0.5, 0.6) is 0 Å². The Hall–Kier alpha value is -4.52. The molecule has 2 atom stereocenters. The number of primary amides is 1. The molecule has 1 unspecified atom stereocenters. The fourth-order valence-electron chi connectivity index (χ4n) is 6.06. The van der Waals surface area contributed by atoms with Gasteiger partial charge in [-0.1, -0.05) is 12.1 Å². The number of ketones is 1. The molecular weight excluding hydrogens is 602 g/mol. The number of amides is 1. The number of aliphatic hydroxyl groups is 1. The highest BCUT2D eigenvalue weighted by Gasteiger charge is 2.44. The summed E-state index contributed by atoms with van der Waals surface area (Å²) in [6, 6.07) is 9.65. The zero-order valence-electron chi connectivity index (χ0n) is 24.0. The third-order valence-corrected chi connectivity index (χ3v) is 7.89. The molecule has 1 amide bonds. The molecule has 0 saturated carbocycles. The van der Waals surface area contributed by atoms with Crippen molar-refractivity contribution in [1.29, 1.82) is 0 Å². The molecule has 1 aliphatic rings. The summed E-state index contributed by atoms with van der Waals surface area (Å²) in [5, 5.41) is 14.7. The van der Waals surface area contributed by atoms with E-state index in [-0.39, 0.29) is 48.2 Å². The van der Waals surface area contributed by atoms with E-state index in [9.17, 15) is 41.0 Å². The average molecular weight is 631 g/mol. The second-order valence-corrected chi connectivity index (χ2v) is 11.4. The Balaban J connectivity index is 1.55. The van der Waals surface area contributed by atoms with Crippen LogP contribution in [0.4, 0.5) is 26.3 Å². The van der Waals surface area contributed by atoms with Gasteiger partial charge < -0.3 is 10.8 Å². The van der Waals surface area contributed by atoms with E-state index in [1.165, 1.54) is 25.3 Å². The molecule has 5 rings (SSSR count). The molecule has 2 aromatic carbocycles. The molecule has 0 spiro atoms.